The summed E-state index contributed by atoms with van der Waals surface area (Å²) in [6.07, 6.45) is 0. The molecular formula is C61H40N2. The predicted molar refractivity (Wildman–Crippen MR) is 267 cm³/mol. The topological polar surface area (TPSA) is 8.17 Å². The lowest BCUT2D eigenvalue weighted by Gasteiger charge is -2.33. The third-order valence-corrected chi connectivity index (χ3v) is 13.4. The summed E-state index contributed by atoms with van der Waals surface area (Å²) in [4.78, 5) is 2.46. The summed E-state index contributed by atoms with van der Waals surface area (Å²) >= 11 is 0. The maximum Gasteiger partial charge on any atom is 0.0541 e. The molecule has 63 heavy (non-hydrogen) atoms. The van der Waals surface area contributed by atoms with Gasteiger partial charge in [0.15, 0.2) is 0 Å². The van der Waals surface area contributed by atoms with E-state index in [1.807, 2.05) is 0 Å². The van der Waals surface area contributed by atoms with E-state index in [0.29, 0.717) is 0 Å². The van der Waals surface area contributed by atoms with Crippen LogP contribution in [0.15, 0.2) is 231 Å². The standard InChI is InChI=1S/C61H40N2/c1-2-14-40(15-3-1)41-16-12-18-47(34-41)62-39-46-29-28-43(36-56(46)54-24-8-10-26-59(54)62)45-31-33-61-58(38-45)55-25-9-11-27-60(55)63(61)48-19-13-17-42(35-48)44-30-32-53-51-22-5-4-20-49(51)50-21-6-7-23-52(50)57(53)37-44/h1-38H,39H2. The van der Waals surface area contributed by atoms with Gasteiger partial charge in [0.05, 0.1) is 11.0 Å². The Morgan fingerprint density at radius 2 is 0.778 bits per heavy atom. The highest BCUT2D eigenvalue weighted by Gasteiger charge is 2.24. The number of para-hydroxylation sites is 2. The molecule has 12 aromatic rings. The van der Waals surface area contributed by atoms with Gasteiger partial charge in [-0.25, -0.2) is 0 Å². The zero-order valence-electron chi connectivity index (χ0n) is 34.5. The molecule has 0 unspecified atom stereocenters. The molecule has 1 aromatic heterocycles. The summed E-state index contributed by atoms with van der Waals surface area (Å²) in [5.41, 5.74) is 17.2. The Morgan fingerprint density at radius 1 is 0.270 bits per heavy atom. The molecule has 0 saturated carbocycles. The van der Waals surface area contributed by atoms with E-state index < -0.39 is 0 Å². The first-order chi connectivity index (χ1) is 31.2. The molecule has 0 radical (unpaired) electrons. The number of benzene rings is 11. The molecule has 1 aliphatic rings. The molecule has 0 atom stereocenters. The van der Waals surface area contributed by atoms with Gasteiger partial charge < -0.3 is 9.47 Å². The quantitative estimate of drug-likeness (QED) is 0.157. The highest BCUT2D eigenvalue weighted by atomic mass is 15.1. The van der Waals surface area contributed by atoms with E-state index in [1.165, 1.54) is 116 Å². The molecule has 11 aromatic carbocycles. The Bertz CT molecular complexity index is 3750. The fraction of sp³-hybridized carbons (Fsp3) is 0.0164. The van der Waals surface area contributed by atoms with Gasteiger partial charge in [-0.2, -0.15) is 0 Å². The molecular weight excluding hydrogens is 761 g/mol. The second kappa shape index (κ2) is 14.2. The lowest BCUT2D eigenvalue weighted by Crippen LogP contribution is -2.21. The molecule has 0 amide bonds. The Hall–Kier alpha value is -8.20. The summed E-state index contributed by atoms with van der Waals surface area (Å²) < 4.78 is 2.44. The fourth-order valence-corrected chi connectivity index (χ4v) is 10.4. The number of fused-ring (bicyclic) bond motifs is 12. The summed E-state index contributed by atoms with van der Waals surface area (Å²) in [6, 6.07) is 85.0. The van der Waals surface area contributed by atoms with Gasteiger partial charge in [-0.05, 0) is 137 Å². The van der Waals surface area contributed by atoms with Crippen molar-refractivity contribution >= 4 is 65.5 Å². The summed E-state index contributed by atoms with van der Waals surface area (Å²) in [6.45, 7) is 0.809. The minimum atomic E-state index is 0.809. The van der Waals surface area contributed by atoms with Crippen LogP contribution >= 0.6 is 0 Å². The molecule has 0 saturated heterocycles. The normalized spacial score (nSPS) is 12.3. The molecule has 0 aliphatic carbocycles. The number of nitrogens with zero attached hydrogens (tertiary/aromatic N) is 2. The van der Waals surface area contributed by atoms with Crippen molar-refractivity contribution in [3.05, 3.63) is 236 Å². The zero-order chi connectivity index (χ0) is 41.4. The van der Waals surface area contributed by atoms with Crippen LogP contribution in [-0.2, 0) is 6.54 Å². The number of anilines is 2. The molecule has 2 heterocycles. The van der Waals surface area contributed by atoms with E-state index in [-0.39, 0.29) is 0 Å². The van der Waals surface area contributed by atoms with Crippen LogP contribution in [0.25, 0.3) is 104 Å². The zero-order valence-corrected chi connectivity index (χ0v) is 34.5. The van der Waals surface area contributed by atoms with Gasteiger partial charge in [0.25, 0.3) is 0 Å². The number of aromatic nitrogens is 1. The average molecular weight is 801 g/mol. The highest BCUT2D eigenvalue weighted by Crippen LogP contribution is 2.45. The van der Waals surface area contributed by atoms with Crippen molar-refractivity contribution in [3.63, 3.8) is 0 Å². The van der Waals surface area contributed by atoms with E-state index in [0.717, 1.165) is 12.2 Å². The maximum absolute atomic E-state index is 2.46. The van der Waals surface area contributed by atoms with Crippen molar-refractivity contribution in [2.45, 2.75) is 6.54 Å². The van der Waals surface area contributed by atoms with Crippen molar-refractivity contribution in [2.75, 3.05) is 4.90 Å². The van der Waals surface area contributed by atoms with Gasteiger partial charge in [0.1, 0.15) is 0 Å². The highest BCUT2D eigenvalue weighted by molar-refractivity contribution is 6.25. The van der Waals surface area contributed by atoms with Crippen molar-refractivity contribution in [3.8, 4) is 50.2 Å². The van der Waals surface area contributed by atoms with Crippen molar-refractivity contribution in [2.24, 2.45) is 0 Å². The van der Waals surface area contributed by atoms with Gasteiger partial charge in [0.2, 0.25) is 0 Å². The van der Waals surface area contributed by atoms with Crippen molar-refractivity contribution in [1.29, 1.82) is 0 Å². The maximum atomic E-state index is 2.46. The van der Waals surface area contributed by atoms with Gasteiger partial charge in [-0.1, -0.05) is 170 Å². The smallest absolute Gasteiger partial charge is 0.0541 e. The second-order valence-electron chi connectivity index (χ2n) is 16.9. The lowest BCUT2D eigenvalue weighted by molar-refractivity contribution is 0.961. The van der Waals surface area contributed by atoms with Crippen molar-refractivity contribution < 1.29 is 0 Å². The third-order valence-electron chi connectivity index (χ3n) is 13.4. The molecule has 1 aliphatic heterocycles. The van der Waals surface area contributed by atoms with Gasteiger partial charge in [0, 0.05) is 39.9 Å². The van der Waals surface area contributed by atoms with Crippen LogP contribution in [0.4, 0.5) is 11.4 Å². The lowest BCUT2D eigenvalue weighted by atomic mass is 9.89. The third kappa shape index (κ3) is 5.72. The first-order valence-electron chi connectivity index (χ1n) is 21.9. The first-order valence-corrected chi connectivity index (χ1v) is 21.9. The SMILES string of the molecule is c1ccc(-c2cccc(N3Cc4ccc(-c5ccc6c(c5)c5ccccc5n6-c5cccc(-c6ccc7c8ccccc8c8ccccc8c7c6)c5)cc4-c4ccccc43)c2)cc1. The van der Waals surface area contributed by atoms with E-state index in [1.54, 1.807) is 0 Å². The Labute approximate surface area is 366 Å². The Morgan fingerprint density at radius 3 is 1.56 bits per heavy atom. The van der Waals surface area contributed by atoms with E-state index in [4.69, 9.17) is 0 Å². The van der Waals surface area contributed by atoms with Gasteiger partial charge in [-0.15, -0.1) is 0 Å². The fourth-order valence-electron chi connectivity index (χ4n) is 10.4. The first kappa shape index (κ1) is 35.5. The molecule has 0 fully saturated rings. The average Bonchev–Trinajstić information content (AvgIpc) is 3.70. The largest absolute Gasteiger partial charge is 0.336 e. The van der Waals surface area contributed by atoms with Gasteiger partial charge >= 0.3 is 0 Å². The Balaban J connectivity index is 0.887. The van der Waals surface area contributed by atoms with Crippen LogP contribution in [0.3, 0.4) is 0 Å². The predicted octanol–water partition coefficient (Wildman–Crippen LogP) is 16.6. The van der Waals surface area contributed by atoms with Crippen LogP contribution < -0.4 is 4.90 Å². The second-order valence-corrected chi connectivity index (χ2v) is 16.9. The molecule has 0 spiro atoms. The minimum Gasteiger partial charge on any atom is -0.336 e. The van der Waals surface area contributed by atoms with Crippen LogP contribution in [0.5, 0.6) is 0 Å². The minimum absolute atomic E-state index is 0.809. The molecule has 2 nitrogen and oxygen atoms in total. The van der Waals surface area contributed by atoms with Crippen LogP contribution in [0.1, 0.15) is 5.56 Å². The summed E-state index contributed by atoms with van der Waals surface area (Å²) in [5, 5.41) is 10.3. The number of hydrogen-bond acceptors (Lipinski definition) is 1. The molecule has 13 rings (SSSR count). The van der Waals surface area contributed by atoms with Crippen molar-refractivity contribution in [1.82, 2.24) is 4.57 Å². The van der Waals surface area contributed by atoms with Crippen LogP contribution in [-0.4, -0.2) is 4.57 Å². The van der Waals surface area contributed by atoms with E-state index in [9.17, 15) is 0 Å². The Kier molecular flexibility index (Phi) is 8.01. The molecule has 0 N–H and O–H groups in total. The number of rotatable bonds is 5. The number of hydrogen-bond donors (Lipinski definition) is 0. The summed E-state index contributed by atoms with van der Waals surface area (Å²) in [7, 11) is 0. The summed E-state index contributed by atoms with van der Waals surface area (Å²) in [5.74, 6) is 0. The van der Waals surface area contributed by atoms with E-state index >= 15 is 0 Å². The van der Waals surface area contributed by atoms with E-state index in [2.05, 4.69) is 240 Å². The van der Waals surface area contributed by atoms with Crippen LogP contribution in [0.2, 0.25) is 0 Å². The molecule has 0 bridgehead atoms. The van der Waals surface area contributed by atoms with Gasteiger partial charge in [-0.3, -0.25) is 0 Å². The van der Waals surface area contributed by atoms with Crippen LogP contribution in [0, 0.1) is 0 Å². The molecule has 2 heteroatoms. The monoisotopic (exact) mass is 800 g/mol. The molecule has 294 valence electrons.